The molecule has 0 unspecified atom stereocenters. The lowest BCUT2D eigenvalue weighted by molar-refractivity contribution is -0.141. The molecule has 0 aliphatic carbocycles. The molecule has 7 nitrogen and oxygen atoms in total. The second kappa shape index (κ2) is 14.9. The van der Waals surface area contributed by atoms with Crippen LogP contribution in [0.1, 0.15) is 43.4 Å². The highest BCUT2D eigenvalue weighted by molar-refractivity contribution is 7.92. The van der Waals surface area contributed by atoms with Gasteiger partial charge < -0.3 is 10.2 Å². The van der Waals surface area contributed by atoms with Gasteiger partial charge in [-0.05, 0) is 60.7 Å². The molecule has 3 rings (SSSR count). The number of rotatable bonds is 14. The van der Waals surface area contributed by atoms with Crippen LogP contribution in [0, 0.1) is 0 Å². The number of likely N-dealkylation sites (N-methyl/N-ethyl adjacent to an activating group) is 1. The predicted octanol–water partition coefficient (Wildman–Crippen LogP) is 5.22. The topological polar surface area (TPSA) is 86.8 Å². The molecule has 0 heterocycles. The van der Waals surface area contributed by atoms with E-state index in [0.717, 1.165) is 23.1 Å². The highest BCUT2D eigenvalue weighted by Crippen LogP contribution is 2.21. The second-order valence-corrected chi connectivity index (χ2v) is 12.1. The van der Waals surface area contributed by atoms with Crippen molar-refractivity contribution in [2.75, 3.05) is 23.7 Å². The van der Waals surface area contributed by atoms with Crippen LogP contribution in [0.15, 0.2) is 78.9 Å². The third-order valence-electron chi connectivity index (χ3n) is 6.67. The van der Waals surface area contributed by atoms with Crippen LogP contribution in [0.4, 0.5) is 5.69 Å². The molecule has 9 heteroatoms. The van der Waals surface area contributed by atoms with Crippen LogP contribution in [0.5, 0.6) is 0 Å². The van der Waals surface area contributed by atoms with Crippen molar-refractivity contribution in [2.45, 2.75) is 52.1 Å². The SMILES string of the molecule is CCNC(=O)[C@H](Cc1ccccc1)N(Cc1ccc(Cl)cc1)C(=O)CCCN(c1ccc(CC)cc1)S(C)(=O)=O. The van der Waals surface area contributed by atoms with E-state index >= 15 is 0 Å². The summed E-state index contributed by atoms with van der Waals surface area (Å²) in [6.45, 7) is 4.69. The summed E-state index contributed by atoms with van der Waals surface area (Å²) in [6, 6.07) is 23.4. The van der Waals surface area contributed by atoms with Crippen molar-refractivity contribution in [2.24, 2.45) is 0 Å². The fourth-order valence-corrected chi connectivity index (χ4v) is 5.63. The van der Waals surface area contributed by atoms with Gasteiger partial charge >= 0.3 is 0 Å². The molecule has 0 aromatic heterocycles. The first kappa shape index (κ1) is 31.2. The van der Waals surface area contributed by atoms with Gasteiger partial charge in [0.15, 0.2) is 0 Å². The minimum absolute atomic E-state index is 0.0807. The summed E-state index contributed by atoms with van der Waals surface area (Å²) in [5, 5.41) is 3.46. The first-order chi connectivity index (χ1) is 19.1. The Hall–Kier alpha value is -3.36. The molecule has 0 fully saturated rings. The highest BCUT2D eigenvalue weighted by atomic mass is 35.5. The minimum atomic E-state index is -3.55. The lowest BCUT2D eigenvalue weighted by Gasteiger charge is -2.32. The molecule has 40 heavy (non-hydrogen) atoms. The maximum absolute atomic E-state index is 13.8. The minimum Gasteiger partial charge on any atom is -0.355 e. The third-order valence-corrected chi connectivity index (χ3v) is 8.12. The number of nitrogens with one attached hydrogen (secondary N) is 1. The van der Waals surface area contributed by atoms with Gasteiger partial charge in [0.05, 0.1) is 11.9 Å². The van der Waals surface area contributed by atoms with Crippen molar-refractivity contribution in [3.05, 3.63) is 101 Å². The van der Waals surface area contributed by atoms with Gasteiger partial charge in [-0.25, -0.2) is 8.42 Å². The molecule has 0 aliphatic heterocycles. The second-order valence-electron chi connectivity index (χ2n) is 9.71. The molecule has 3 aromatic carbocycles. The Morgan fingerprint density at radius 2 is 1.50 bits per heavy atom. The molecule has 214 valence electrons. The number of halogens is 1. The largest absolute Gasteiger partial charge is 0.355 e. The van der Waals surface area contributed by atoms with Gasteiger partial charge in [-0.2, -0.15) is 0 Å². The van der Waals surface area contributed by atoms with Crippen molar-refractivity contribution in [1.29, 1.82) is 0 Å². The molecule has 1 atom stereocenters. The Labute approximate surface area is 243 Å². The Morgan fingerprint density at radius 1 is 0.875 bits per heavy atom. The van der Waals surface area contributed by atoms with E-state index in [2.05, 4.69) is 5.32 Å². The lowest BCUT2D eigenvalue weighted by atomic mass is 10.0. The smallest absolute Gasteiger partial charge is 0.243 e. The number of sulfonamides is 1. The zero-order chi connectivity index (χ0) is 29.1. The zero-order valence-corrected chi connectivity index (χ0v) is 24.9. The molecular weight excluding hydrogens is 546 g/mol. The fourth-order valence-electron chi connectivity index (χ4n) is 4.53. The number of carbonyl (C=O) groups excluding carboxylic acids is 2. The quantitative estimate of drug-likeness (QED) is 0.282. The predicted molar refractivity (Wildman–Crippen MR) is 162 cm³/mol. The summed E-state index contributed by atoms with van der Waals surface area (Å²) >= 11 is 6.08. The highest BCUT2D eigenvalue weighted by Gasteiger charge is 2.30. The molecule has 1 N–H and O–H groups in total. The number of aryl methyl sites for hydroxylation is 1. The van der Waals surface area contributed by atoms with Gasteiger partial charge in [0.1, 0.15) is 6.04 Å². The summed E-state index contributed by atoms with van der Waals surface area (Å²) in [5.41, 5.74) is 3.45. The monoisotopic (exact) mass is 583 g/mol. The molecule has 0 spiro atoms. The number of amides is 2. The van der Waals surface area contributed by atoms with E-state index in [1.807, 2.05) is 68.4 Å². The number of benzene rings is 3. The van der Waals surface area contributed by atoms with Crippen LogP contribution in [-0.4, -0.2) is 50.5 Å². The summed E-state index contributed by atoms with van der Waals surface area (Å²) in [5.74, 6) is -0.459. The number of nitrogens with zero attached hydrogens (tertiary/aromatic N) is 2. The first-order valence-electron chi connectivity index (χ1n) is 13.5. The number of carbonyl (C=O) groups is 2. The number of hydrogen-bond acceptors (Lipinski definition) is 4. The average Bonchev–Trinajstić information content (AvgIpc) is 2.94. The fraction of sp³-hybridized carbons (Fsp3) is 0.355. The Kier molecular flexibility index (Phi) is 11.6. The molecule has 2 amide bonds. The number of hydrogen-bond donors (Lipinski definition) is 1. The summed E-state index contributed by atoms with van der Waals surface area (Å²) < 4.78 is 26.5. The maximum Gasteiger partial charge on any atom is 0.243 e. The van der Waals surface area contributed by atoms with Gasteiger partial charge in [-0.1, -0.05) is 73.1 Å². The molecule has 0 radical (unpaired) electrons. The normalized spacial score (nSPS) is 12.0. The molecule has 0 aliphatic rings. The van der Waals surface area contributed by atoms with Crippen LogP contribution >= 0.6 is 11.6 Å². The molecule has 3 aromatic rings. The van der Waals surface area contributed by atoms with E-state index in [1.54, 1.807) is 29.2 Å². The van der Waals surface area contributed by atoms with Crippen LogP contribution in [0.3, 0.4) is 0 Å². The lowest BCUT2D eigenvalue weighted by Crippen LogP contribution is -2.50. The summed E-state index contributed by atoms with van der Waals surface area (Å²) in [7, 11) is -3.55. The van der Waals surface area contributed by atoms with E-state index in [-0.39, 0.29) is 31.3 Å². The van der Waals surface area contributed by atoms with Gasteiger partial charge in [0.2, 0.25) is 21.8 Å². The zero-order valence-electron chi connectivity index (χ0n) is 23.3. The van der Waals surface area contributed by atoms with Crippen molar-refractivity contribution < 1.29 is 18.0 Å². The maximum atomic E-state index is 13.8. The first-order valence-corrected chi connectivity index (χ1v) is 15.8. The van der Waals surface area contributed by atoms with Gasteiger partial charge in [-0.3, -0.25) is 13.9 Å². The third kappa shape index (κ3) is 9.10. The summed E-state index contributed by atoms with van der Waals surface area (Å²) in [4.78, 5) is 28.6. The molecule has 0 saturated carbocycles. The Balaban J connectivity index is 1.84. The van der Waals surface area contributed by atoms with E-state index in [9.17, 15) is 18.0 Å². The average molecular weight is 584 g/mol. The van der Waals surface area contributed by atoms with E-state index in [1.165, 1.54) is 10.6 Å². The Bertz CT molecular complexity index is 1350. The standard InChI is InChI=1S/C31H38ClN3O4S/c1-4-24-15-19-28(20-16-24)35(40(3,38)39)21-9-12-30(36)34(23-26-13-17-27(32)18-14-26)29(31(37)33-5-2)22-25-10-7-6-8-11-25/h6-8,10-11,13-20,29H,4-5,9,12,21-23H2,1-3H3,(H,33,37)/t29-/m0/s1. The Morgan fingerprint density at radius 3 is 2.08 bits per heavy atom. The molecule has 0 bridgehead atoms. The van der Waals surface area contributed by atoms with Crippen LogP contribution in [0.2, 0.25) is 5.02 Å². The number of anilines is 1. The van der Waals surface area contributed by atoms with Gasteiger partial charge in [0, 0.05) is 37.5 Å². The molecule has 0 saturated heterocycles. The summed E-state index contributed by atoms with van der Waals surface area (Å²) in [6.07, 6.45) is 2.75. The van der Waals surface area contributed by atoms with Gasteiger partial charge in [0.25, 0.3) is 0 Å². The van der Waals surface area contributed by atoms with E-state index in [0.29, 0.717) is 30.1 Å². The molecular formula is C31H38ClN3O4S. The van der Waals surface area contributed by atoms with E-state index < -0.39 is 16.1 Å². The van der Waals surface area contributed by atoms with Crippen molar-refractivity contribution in [3.8, 4) is 0 Å². The van der Waals surface area contributed by atoms with Gasteiger partial charge in [-0.15, -0.1) is 0 Å². The van der Waals surface area contributed by atoms with Crippen molar-refractivity contribution >= 4 is 39.1 Å². The van der Waals surface area contributed by atoms with Crippen LogP contribution in [-0.2, 0) is 39.0 Å². The van der Waals surface area contributed by atoms with Crippen LogP contribution in [0.25, 0.3) is 0 Å². The van der Waals surface area contributed by atoms with Crippen molar-refractivity contribution in [1.82, 2.24) is 10.2 Å². The van der Waals surface area contributed by atoms with Crippen molar-refractivity contribution in [3.63, 3.8) is 0 Å². The van der Waals surface area contributed by atoms with Crippen LogP contribution < -0.4 is 9.62 Å². The van der Waals surface area contributed by atoms with E-state index in [4.69, 9.17) is 11.6 Å².